The molecule has 19 heavy (non-hydrogen) atoms. The number of piperidine rings is 1. The number of nitrogens with zero attached hydrogens (tertiary/aromatic N) is 2. The van der Waals surface area contributed by atoms with Crippen LogP contribution in [0.1, 0.15) is 36.2 Å². The minimum atomic E-state index is -0.386. The van der Waals surface area contributed by atoms with Crippen LogP contribution >= 0.6 is 0 Å². The summed E-state index contributed by atoms with van der Waals surface area (Å²) in [6.07, 6.45) is 6.12. The SMILES string of the molecule is COC(=O)c1cc(N2C3CCC2CC(N)C3)ccn1. The van der Waals surface area contributed by atoms with Gasteiger partial charge in [-0.25, -0.2) is 9.78 Å². The van der Waals surface area contributed by atoms with Crippen LogP contribution in [0.2, 0.25) is 0 Å². The molecule has 2 atom stereocenters. The number of esters is 1. The Morgan fingerprint density at radius 3 is 2.74 bits per heavy atom. The number of methoxy groups -OCH3 is 1. The molecule has 2 fully saturated rings. The van der Waals surface area contributed by atoms with Crippen LogP contribution in [0.15, 0.2) is 18.3 Å². The summed E-state index contributed by atoms with van der Waals surface area (Å²) in [5, 5.41) is 0. The Hall–Kier alpha value is -1.62. The molecule has 2 aliphatic rings. The second-order valence-corrected chi connectivity index (χ2v) is 5.41. The first-order valence-corrected chi connectivity index (χ1v) is 6.77. The summed E-state index contributed by atoms with van der Waals surface area (Å²) in [5.74, 6) is -0.386. The van der Waals surface area contributed by atoms with E-state index in [-0.39, 0.29) is 5.97 Å². The van der Waals surface area contributed by atoms with E-state index in [1.807, 2.05) is 12.1 Å². The maximum absolute atomic E-state index is 11.6. The Labute approximate surface area is 112 Å². The van der Waals surface area contributed by atoms with Crippen LogP contribution in [0.5, 0.6) is 0 Å². The molecule has 0 amide bonds. The van der Waals surface area contributed by atoms with E-state index in [0.717, 1.165) is 18.5 Å². The van der Waals surface area contributed by atoms with E-state index in [1.54, 1.807) is 6.20 Å². The van der Waals surface area contributed by atoms with Gasteiger partial charge in [0.05, 0.1) is 7.11 Å². The van der Waals surface area contributed by atoms with Crippen LogP contribution in [0.25, 0.3) is 0 Å². The summed E-state index contributed by atoms with van der Waals surface area (Å²) in [6, 6.07) is 5.11. The number of anilines is 1. The van der Waals surface area contributed by atoms with Gasteiger partial charge in [-0.15, -0.1) is 0 Å². The number of rotatable bonds is 2. The normalized spacial score (nSPS) is 29.4. The first-order chi connectivity index (χ1) is 9.19. The zero-order valence-electron chi connectivity index (χ0n) is 11.1. The number of nitrogens with two attached hydrogens (primary N) is 1. The quantitative estimate of drug-likeness (QED) is 0.813. The van der Waals surface area contributed by atoms with Crippen LogP contribution < -0.4 is 10.6 Å². The average Bonchev–Trinajstić information content (AvgIpc) is 2.70. The van der Waals surface area contributed by atoms with Crippen LogP contribution in [0.3, 0.4) is 0 Å². The predicted octanol–water partition coefficient (Wildman–Crippen LogP) is 1.33. The van der Waals surface area contributed by atoms with Crippen molar-refractivity contribution in [1.29, 1.82) is 0 Å². The molecule has 2 unspecified atom stereocenters. The lowest BCUT2D eigenvalue weighted by Gasteiger charge is -2.39. The Kier molecular flexibility index (Phi) is 3.14. The summed E-state index contributed by atoms with van der Waals surface area (Å²) in [6.45, 7) is 0. The van der Waals surface area contributed by atoms with Crippen molar-refractivity contribution in [2.45, 2.75) is 43.8 Å². The van der Waals surface area contributed by atoms with Crippen molar-refractivity contribution in [3.05, 3.63) is 24.0 Å². The molecule has 0 spiro atoms. The minimum Gasteiger partial charge on any atom is -0.464 e. The molecular formula is C14H19N3O2. The lowest BCUT2D eigenvalue weighted by molar-refractivity contribution is 0.0594. The van der Waals surface area contributed by atoms with Crippen LogP contribution in [0.4, 0.5) is 5.69 Å². The zero-order chi connectivity index (χ0) is 13.4. The van der Waals surface area contributed by atoms with Gasteiger partial charge < -0.3 is 15.4 Å². The largest absolute Gasteiger partial charge is 0.464 e. The first kappa shape index (κ1) is 12.4. The highest BCUT2D eigenvalue weighted by atomic mass is 16.5. The van der Waals surface area contributed by atoms with E-state index in [9.17, 15) is 4.79 Å². The topological polar surface area (TPSA) is 68.5 Å². The van der Waals surface area contributed by atoms with Gasteiger partial charge >= 0.3 is 5.97 Å². The maximum Gasteiger partial charge on any atom is 0.356 e. The van der Waals surface area contributed by atoms with E-state index >= 15 is 0 Å². The molecule has 3 heterocycles. The monoisotopic (exact) mass is 261 g/mol. The van der Waals surface area contributed by atoms with Gasteiger partial charge in [-0.2, -0.15) is 0 Å². The van der Waals surface area contributed by atoms with E-state index in [4.69, 9.17) is 10.5 Å². The number of hydrogen-bond acceptors (Lipinski definition) is 5. The molecule has 1 aromatic heterocycles. The Bertz CT molecular complexity index is 477. The third-order valence-corrected chi connectivity index (χ3v) is 4.21. The lowest BCUT2D eigenvalue weighted by atomic mass is 9.97. The number of aromatic nitrogens is 1. The second-order valence-electron chi connectivity index (χ2n) is 5.41. The van der Waals surface area contributed by atoms with Gasteiger partial charge in [-0.3, -0.25) is 0 Å². The fraction of sp³-hybridized carbons (Fsp3) is 0.571. The molecule has 2 N–H and O–H groups in total. The highest BCUT2D eigenvalue weighted by Crippen LogP contribution is 2.38. The number of carbonyl (C=O) groups is 1. The van der Waals surface area contributed by atoms with Gasteiger partial charge in [0.2, 0.25) is 0 Å². The molecule has 5 heteroatoms. The molecule has 0 saturated carbocycles. The van der Waals surface area contributed by atoms with Crippen LogP contribution in [-0.4, -0.2) is 36.2 Å². The van der Waals surface area contributed by atoms with Crippen molar-refractivity contribution in [3.8, 4) is 0 Å². The van der Waals surface area contributed by atoms with Crippen molar-refractivity contribution < 1.29 is 9.53 Å². The molecule has 1 aromatic rings. The number of hydrogen-bond donors (Lipinski definition) is 1. The molecule has 0 aromatic carbocycles. The molecule has 3 rings (SSSR count). The van der Waals surface area contributed by atoms with Gasteiger partial charge in [0, 0.05) is 30.0 Å². The van der Waals surface area contributed by atoms with Crippen molar-refractivity contribution in [2.24, 2.45) is 5.73 Å². The number of ether oxygens (including phenoxy) is 1. The Morgan fingerprint density at radius 1 is 1.42 bits per heavy atom. The summed E-state index contributed by atoms with van der Waals surface area (Å²) >= 11 is 0. The lowest BCUT2D eigenvalue weighted by Crippen LogP contribution is -2.47. The van der Waals surface area contributed by atoms with Gasteiger partial charge in [0.1, 0.15) is 5.69 Å². The fourth-order valence-corrected chi connectivity index (χ4v) is 3.44. The Balaban J connectivity index is 1.89. The van der Waals surface area contributed by atoms with Gasteiger partial charge in [-0.05, 0) is 37.8 Å². The highest BCUT2D eigenvalue weighted by Gasteiger charge is 2.39. The predicted molar refractivity (Wildman–Crippen MR) is 72.1 cm³/mol. The second kappa shape index (κ2) is 4.81. The molecule has 102 valence electrons. The summed E-state index contributed by atoms with van der Waals surface area (Å²) < 4.78 is 4.72. The smallest absolute Gasteiger partial charge is 0.356 e. The summed E-state index contributed by atoms with van der Waals surface area (Å²) in [7, 11) is 1.38. The van der Waals surface area contributed by atoms with Gasteiger partial charge in [0.15, 0.2) is 0 Å². The number of fused-ring (bicyclic) bond motifs is 2. The third kappa shape index (κ3) is 2.18. The van der Waals surface area contributed by atoms with Crippen LogP contribution in [0, 0.1) is 0 Å². The molecule has 2 bridgehead atoms. The van der Waals surface area contributed by atoms with E-state index in [2.05, 4.69) is 9.88 Å². The van der Waals surface area contributed by atoms with Gasteiger partial charge in [-0.1, -0.05) is 0 Å². The summed E-state index contributed by atoms with van der Waals surface area (Å²) in [4.78, 5) is 18.0. The molecule has 5 nitrogen and oxygen atoms in total. The molecule has 2 aliphatic heterocycles. The number of carbonyl (C=O) groups excluding carboxylic acids is 1. The molecule has 0 radical (unpaired) electrons. The van der Waals surface area contributed by atoms with E-state index in [0.29, 0.717) is 23.8 Å². The van der Waals surface area contributed by atoms with Crippen molar-refractivity contribution in [2.75, 3.05) is 12.0 Å². The molecule has 2 saturated heterocycles. The highest BCUT2D eigenvalue weighted by molar-refractivity contribution is 5.88. The minimum absolute atomic E-state index is 0.315. The molecule has 0 aliphatic carbocycles. The van der Waals surface area contributed by atoms with Crippen molar-refractivity contribution in [3.63, 3.8) is 0 Å². The standard InChI is InChI=1S/C14H19N3O2/c1-19-14(18)13-8-12(4-5-16-13)17-10-2-3-11(17)7-9(15)6-10/h4-5,8-11H,2-3,6-7,15H2,1H3. The Morgan fingerprint density at radius 2 is 2.11 bits per heavy atom. The maximum atomic E-state index is 11.6. The van der Waals surface area contributed by atoms with E-state index < -0.39 is 0 Å². The van der Waals surface area contributed by atoms with Gasteiger partial charge in [0.25, 0.3) is 0 Å². The first-order valence-electron chi connectivity index (χ1n) is 6.77. The third-order valence-electron chi connectivity index (χ3n) is 4.21. The zero-order valence-corrected chi connectivity index (χ0v) is 11.1. The van der Waals surface area contributed by atoms with E-state index in [1.165, 1.54) is 20.0 Å². The average molecular weight is 261 g/mol. The van der Waals surface area contributed by atoms with Crippen LogP contribution in [-0.2, 0) is 4.74 Å². The summed E-state index contributed by atoms with van der Waals surface area (Å²) in [5.41, 5.74) is 7.52. The number of pyridine rings is 1. The fourth-order valence-electron chi connectivity index (χ4n) is 3.44. The van der Waals surface area contributed by atoms with Crippen molar-refractivity contribution in [1.82, 2.24) is 4.98 Å². The molecular weight excluding hydrogens is 242 g/mol. The van der Waals surface area contributed by atoms with Crippen molar-refractivity contribution >= 4 is 11.7 Å².